The molecule has 154 valence electrons. The minimum absolute atomic E-state index is 0. The summed E-state index contributed by atoms with van der Waals surface area (Å²) in [5.41, 5.74) is 0.166. The molecule has 1 unspecified atom stereocenters. The van der Waals surface area contributed by atoms with Crippen molar-refractivity contribution >= 4 is 10.8 Å². The SMILES string of the molecule is Cn1cc(-c2cn(CS(C)=O)c(=O)cc2Oc2ccc(F)cc2F)ccc1=O.O. The number of nitrogens with zero attached hydrogens (tertiary/aromatic N) is 2. The summed E-state index contributed by atoms with van der Waals surface area (Å²) in [6.07, 6.45) is 4.42. The average molecular weight is 424 g/mol. The molecule has 0 fully saturated rings. The molecule has 29 heavy (non-hydrogen) atoms. The van der Waals surface area contributed by atoms with Crippen molar-refractivity contribution in [2.24, 2.45) is 7.05 Å². The van der Waals surface area contributed by atoms with Gasteiger partial charge in [0.1, 0.15) is 17.4 Å². The first-order valence-corrected chi connectivity index (χ1v) is 9.82. The van der Waals surface area contributed by atoms with Gasteiger partial charge in [-0.3, -0.25) is 13.8 Å². The summed E-state index contributed by atoms with van der Waals surface area (Å²) >= 11 is 0. The van der Waals surface area contributed by atoms with Crippen molar-refractivity contribution in [3.05, 3.63) is 81.1 Å². The van der Waals surface area contributed by atoms with Crippen molar-refractivity contribution in [2.45, 2.75) is 5.88 Å². The fraction of sp³-hybridized carbons (Fsp3) is 0.158. The number of pyridine rings is 2. The van der Waals surface area contributed by atoms with E-state index in [0.29, 0.717) is 17.2 Å². The number of aromatic nitrogens is 2. The number of rotatable bonds is 5. The highest BCUT2D eigenvalue weighted by atomic mass is 32.2. The van der Waals surface area contributed by atoms with Gasteiger partial charge in [0.05, 0.1) is 0 Å². The lowest BCUT2D eigenvalue weighted by Gasteiger charge is -2.15. The van der Waals surface area contributed by atoms with E-state index in [1.807, 2.05) is 0 Å². The average Bonchev–Trinajstić information content (AvgIpc) is 2.61. The topological polar surface area (TPSA) is 102 Å². The second-order valence-electron chi connectivity index (χ2n) is 6.11. The summed E-state index contributed by atoms with van der Waals surface area (Å²) in [5, 5.41) is 0. The Morgan fingerprint density at radius 1 is 1.00 bits per heavy atom. The lowest BCUT2D eigenvalue weighted by Crippen LogP contribution is -2.21. The predicted molar refractivity (Wildman–Crippen MR) is 105 cm³/mol. The molecule has 3 rings (SSSR count). The molecule has 2 aromatic heterocycles. The Kier molecular flexibility index (Phi) is 6.83. The van der Waals surface area contributed by atoms with Gasteiger partial charge in [0, 0.05) is 65.8 Å². The van der Waals surface area contributed by atoms with Crippen molar-refractivity contribution in [3.63, 3.8) is 0 Å². The summed E-state index contributed by atoms with van der Waals surface area (Å²) < 4.78 is 46.8. The summed E-state index contributed by atoms with van der Waals surface area (Å²) in [5.74, 6) is -1.96. The highest BCUT2D eigenvalue weighted by Crippen LogP contribution is 2.33. The predicted octanol–water partition coefficient (Wildman–Crippen LogP) is 1.80. The molecule has 0 saturated heterocycles. The quantitative estimate of drug-likeness (QED) is 0.623. The summed E-state index contributed by atoms with van der Waals surface area (Å²) in [6, 6.07) is 6.82. The Bertz CT molecular complexity index is 1190. The van der Waals surface area contributed by atoms with Crippen molar-refractivity contribution in [3.8, 4) is 22.6 Å². The molecule has 0 aliphatic rings. The smallest absolute Gasteiger partial charge is 0.255 e. The first-order chi connectivity index (χ1) is 13.2. The Labute approximate surface area is 166 Å². The fourth-order valence-corrected chi connectivity index (χ4v) is 3.18. The van der Waals surface area contributed by atoms with Gasteiger partial charge in [-0.25, -0.2) is 8.78 Å². The van der Waals surface area contributed by atoms with Crippen LogP contribution in [0.3, 0.4) is 0 Å². The molecular formula is C19H18F2N2O5S. The van der Waals surface area contributed by atoms with E-state index in [9.17, 15) is 22.6 Å². The molecule has 1 aromatic carbocycles. The van der Waals surface area contributed by atoms with Crippen LogP contribution in [0.15, 0.2) is 58.4 Å². The lowest BCUT2D eigenvalue weighted by atomic mass is 10.1. The summed E-state index contributed by atoms with van der Waals surface area (Å²) in [6.45, 7) is 0. The number of hydrogen-bond acceptors (Lipinski definition) is 4. The molecule has 0 spiro atoms. The zero-order valence-electron chi connectivity index (χ0n) is 15.5. The van der Waals surface area contributed by atoms with E-state index < -0.39 is 28.0 Å². The molecule has 10 heteroatoms. The number of ether oxygens (including phenoxy) is 1. The van der Waals surface area contributed by atoms with Crippen LogP contribution in [-0.4, -0.2) is 25.1 Å². The minimum Gasteiger partial charge on any atom is -0.453 e. The van der Waals surface area contributed by atoms with E-state index in [0.717, 1.165) is 18.2 Å². The second kappa shape index (κ2) is 8.93. The van der Waals surface area contributed by atoms with E-state index in [-0.39, 0.29) is 28.4 Å². The molecule has 2 N–H and O–H groups in total. The van der Waals surface area contributed by atoms with Crippen LogP contribution in [0, 0.1) is 11.6 Å². The van der Waals surface area contributed by atoms with Crippen LogP contribution >= 0.6 is 0 Å². The Morgan fingerprint density at radius 2 is 1.72 bits per heavy atom. The van der Waals surface area contributed by atoms with Crippen molar-refractivity contribution in [1.82, 2.24) is 9.13 Å². The maximum atomic E-state index is 14.0. The maximum absolute atomic E-state index is 14.0. The van der Waals surface area contributed by atoms with Crippen molar-refractivity contribution in [1.29, 1.82) is 0 Å². The van der Waals surface area contributed by atoms with Gasteiger partial charge in [-0.1, -0.05) is 0 Å². The van der Waals surface area contributed by atoms with E-state index in [1.165, 1.54) is 39.9 Å². The largest absolute Gasteiger partial charge is 0.453 e. The standard InChI is InChI=1S/C19H16F2N2O4S.H2O/c1-22-9-12(3-6-18(22)24)14-10-23(11-28(2)26)19(25)8-17(14)27-16-5-4-13(20)7-15(16)21;/h3-10H,11H2,1-2H3;1H2. The number of hydrogen-bond donors (Lipinski definition) is 0. The van der Waals surface area contributed by atoms with E-state index in [1.54, 1.807) is 7.05 Å². The van der Waals surface area contributed by atoms with Crippen LogP contribution < -0.4 is 15.9 Å². The molecule has 3 aromatic rings. The third-order valence-electron chi connectivity index (χ3n) is 3.92. The molecule has 1 atom stereocenters. The van der Waals surface area contributed by atoms with E-state index >= 15 is 0 Å². The molecule has 0 bridgehead atoms. The highest BCUT2D eigenvalue weighted by Gasteiger charge is 2.15. The van der Waals surface area contributed by atoms with Gasteiger partial charge in [-0.15, -0.1) is 0 Å². The first-order valence-electron chi connectivity index (χ1n) is 8.09. The summed E-state index contributed by atoms with van der Waals surface area (Å²) in [4.78, 5) is 24.0. The van der Waals surface area contributed by atoms with Crippen LogP contribution in [0.4, 0.5) is 8.78 Å². The zero-order chi connectivity index (χ0) is 20.4. The number of halogens is 2. The maximum Gasteiger partial charge on any atom is 0.255 e. The Balaban J connectivity index is 0.00000300. The number of aryl methyl sites for hydroxylation is 1. The highest BCUT2D eigenvalue weighted by molar-refractivity contribution is 7.83. The molecule has 0 aliphatic carbocycles. The molecular weight excluding hydrogens is 406 g/mol. The molecule has 0 amide bonds. The van der Waals surface area contributed by atoms with Gasteiger partial charge < -0.3 is 19.3 Å². The van der Waals surface area contributed by atoms with Crippen LogP contribution in [0.1, 0.15) is 0 Å². The van der Waals surface area contributed by atoms with Gasteiger partial charge in [-0.2, -0.15) is 0 Å². The van der Waals surface area contributed by atoms with E-state index in [4.69, 9.17) is 4.74 Å². The molecule has 7 nitrogen and oxygen atoms in total. The van der Waals surface area contributed by atoms with Gasteiger partial charge in [-0.05, 0) is 18.2 Å². The van der Waals surface area contributed by atoms with Crippen LogP contribution in [0.5, 0.6) is 11.5 Å². The Hall–Kier alpha value is -3.11. The van der Waals surface area contributed by atoms with Crippen LogP contribution in [-0.2, 0) is 23.7 Å². The normalized spacial score (nSPS) is 11.6. The van der Waals surface area contributed by atoms with Crippen LogP contribution in [0.2, 0.25) is 0 Å². The monoisotopic (exact) mass is 424 g/mol. The van der Waals surface area contributed by atoms with E-state index in [2.05, 4.69) is 0 Å². The second-order valence-corrected chi connectivity index (χ2v) is 7.51. The molecule has 2 heterocycles. The zero-order valence-corrected chi connectivity index (χ0v) is 16.3. The van der Waals surface area contributed by atoms with Crippen LogP contribution in [0.25, 0.3) is 11.1 Å². The van der Waals surface area contributed by atoms with Crippen molar-refractivity contribution in [2.75, 3.05) is 6.26 Å². The molecule has 0 saturated carbocycles. The fourth-order valence-electron chi connectivity index (χ4n) is 2.58. The molecule has 0 aliphatic heterocycles. The van der Waals surface area contributed by atoms with Gasteiger partial charge in [0.2, 0.25) is 5.56 Å². The van der Waals surface area contributed by atoms with Gasteiger partial charge in [0.25, 0.3) is 5.56 Å². The minimum atomic E-state index is -1.29. The Morgan fingerprint density at radius 3 is 2.34 bits per heavy atom. The molecule has 0 radical (unpaired) electrons. The lowest BCUT2D eigenvalue weighted by molar-refractivity contribution is 0.437. The summed E-state index contributed by atoms with van der Waals surface area (Å²) in [7, 11) is 0.274. The first kappa shape index (κ1) is 22.2. The number of benzene rings is 1. The van der Waals surface area contributed by atoms with Gasteiger partial charge >= 0.3 is 0 Å². The third-order valence-corrected chi connectivity index (χ3v) is 4.56. The van der Waals surface area contributed by atoms with Crippen molar-refractivity contribution < 1.29 is 23.2 Å². The third kappa shape index (κ3) is 5.04. The van der Waals surface area contributed by atoms with Gasteiger partial charge in [0.15, 0.2) is 11.6 Å².